The van der Waals surface area contributed by atoms with Crippen molar-refractivity contribution in [3.63, 3.8) is 0 Å². The summed E-state index contributed by atoms with van der Waals surface area (Å²) in [6.45, 7) is 0.647. The Hall–Kier alpha value is -3.93. The van der Waals surface area contributed by atoms with E-state index in [1.54, 1.807) is 6.20 Å². The maximum atomic E-state index is 12.5. The molecule has 0 radical (unpaired) electrons. The van der Waals surface area contributed by atoms with E-state index in [9.17, 15) is 24.0 Å². The van der Waals surface area contributed by atoms with Gasteiger partial charge >= 0.3 is 11.9 Å². The molecule has 0 bridgehead atoms. The minimum atomic E-state index is -1.47. The van der Waals surface area contributed by atoms with E-state index >= 15 is 0 Å². The molecule has 1 aromatic carbocycles. The van der Waals surface area contributed by atoms with Gasteiger partial charge in [0.05, 0.1) is 19.0 Å². The summed E-state index contributed by atoms with van der Waals surface area (Å²) < 4.78 is 0. The van der Waals surface area contributed by atoms with Gasteiger partial charge < -0.3 is 36.9 Å². The molecule has 32 heavy (non-hydrogen) atoms. The molecule has 172 valence electrons. The van der Waals surface area contributed by atoms with Crippen LogP contribution in [0.3, 0.4) is 0 Å². The average molecular weight is 447 g/mol. The third-order valence-corrected chi connectivity index (χ3v) is 4.63. The molecule has 0 spiro atoms. The van der Waals surface area contributed by atoms with Gasteiger partial charge in [-0.3, -0.25) is 24.0 Å². The first kappa shape index (κ1) is 24.3. The van der Waals surface area contributed by atoms with Gasteiger partial charge in [-0.1, -0.05) is 18.2 Å². The van der Waals surface area contributed by atoms with Gasteiger partial charge in [0.1, 0.15) is 12.1 Å². The fourth-order valence-electron chi connectivity index (χ4n) is 2.94. The summed E-state index contributed by atoms with van der Waals surface area (Å²) in [5, 5.41) is 25.3. The molecule has 3 amide bonds. The molecule has 12 heteroatoms. The topological polar surface area (TPSA) is 204 Å². The van der Waals surface area contributed by atoms with Crippen molar-refractivity contribution in [2.45, 2.75) is 37.9 Å². The van der Waals surface area contributed by atoms with Crippen LogP contribution in [0.1, 0.15) is 18.9 Å². The lowest BCUT2D eigenvalue weighted by atomic mass is 10.0. The molecule has 8 N–H and O–H groups in total. The van der Waals surface area contributed by atoms with Crippen LogP contribution in [0.4, 0.5) is 0 Å². The average Bonchev–Trinajstić information content (AvgIpc) is 3.13. The van der Waals surface area contributed by atoms with Crippen molar-refractivity contribution in [2.75, 3.05) is 6.54 Å². The Morgan fingerprint density at radius 1 is 1.06 bits per heavy atom. The number of fused-ring (bicyclic) bond motifs is 1. The number of carbonyl (C=O) groups is 5. The molecule has 12 nitrogen and oxygen atoms in total. The third kappa shape index (κ3) is 6.80. The lowest BCUT2D eigenvalue weighted by Gasteiger charge is -2.19. The minimum Gasteiger partial charge on any atom is -0.481 e. The molecule has 2 rings (SSSR count). The van der Waals surface area contributed by atoms with Crippen molar-refractivity contribution in [2.24, 2.45) is 5.73 Å². The Balaban J connectivity index is 1.96. The number of nitrogens with two attached hydrogens (primary N) is 1. The van der Waals surface area contributed by atoms with E-state index in [-0.39, 0.29) is 6.42 Å². The quantitative estimate of drug-likeness (QED) is 0.220. The first-order valence-corrected chi connectivity index (χ1v) is 9.71. The van der Waals surface area contributed by atoms with Gasteiger partial charge in [-0.05, 0) is 25.0 Å². The third-order valence-electron chi connectivity index (χ3n) is 4.63. The molecule has 0 aliphatic rings. The van der Waals surface area contributed by atoms with Gasteiger partial charge in [-0.15, -0.1) is 0 Å². The van der Waals surface area contributed by atoms with E-state index in [0.29, 0.717) is 0 Å². The number of nitrogens with one attached hydrogen (secondary N) is 4. The number of carbonyl (C=O) groups excluding carboxylic acids is 3. The number of H-pyrrole nitrogens is 1. The standard InChI is InChI=1S/C20H25N5O7/c1-10(20(31)32)24-16(26)9-23-19(30)15(7-17(27)28)25-18(29)13(21)6-11-8-22-14-5-3-2-4-12(11)14/h2-5,8,10,13,15,22H,6-7,9,21H2,1H3,(H,23,30)(H,24,26)(H,25,29)(H,27,28)(H,31,32). The molecule has 3 unspecified atom stereocenters. The van der Waals surface area contributed by atoms with E-state index < -0.39 is 60.8 Å². The summed E-state index contributed by atoms with van der Waals surface area (Å²) in [5.74, 6) is -5.05. The number of hydrogen-bond acceptors (Lipinski definition) is 6. The van der Waals surface area contributed by atoms with E-state index in [1.807, 2.05) is 24.3 Å². The number of para-hydroxylation sites is 1. The van der Waals surface area contributed by atoms with Crippen LogP contribution < -0.4 is 21.7 Å². The molecule has 0 aliphatic heterocycles. The predicted molar refractivity (Wildman–Crippen MR) is 112 cm³/mol. The summed E-state index contributed by atoms with van der Waals surface area (Å²) >= 11 is 0. The molecule has 0 saturated carbocycles. The molecular weight excluding hydrogens is 422 g/mol. The highest BCUT2D eigenvalue weighted by molar-refractivity contribution is 5.94. The van der Waals surface area contributed by atoms with Crippen LogP contribution in [-0.2, 0) is 30.4 Å². The smallest absolute Gasteiger partial charge is 0.325 e. The highest BCUT2D eigenvalue weighted by Gasteiger charge is 2.27. The number of aromatic nitrogens is 1. The fraction of sp³-hybridized carbons (Fsp3) is 0.350. The fourth-order valence-corrected chi connectivity index (χ4v) is 2.94. The molecule has 3 atom stereocenters. The Labute approximate surface area is 182 Å². The summed E-state index contributed by atoms with van der Waals surface area (Å²) in [5.41, 5.74) is 7.61. The van der Waals surface area contributed by atoms with Crippen LogP contribution in [0.15, 0.2) is 30.5 Å². The van der Waals surface area contributed by atoms with Crippen LogP contribution in [0.25, 0.3) is 10.9 Å². The van der Waals surface area contributed by atoms with E-state index in [4.69, 9.17) is 15.9 Å². The first-order chi connectivity index (χ1) is 15.1. The number of carboxylic acids is 2. The number of benzene rings is 1. The summed E-state index contributed by atoms with van der Waals surface area (Å²) in [4.78, 5) is 61.4. The predicted octanol–water partition coefficient (Wildman–Crippen LogP) is -1.30. The number of amides is 3. The van der Waals surface area contributed by atoms with Gasteiger partial charge in [-0.2, -0.15) is 0 Å². The van der Waals surface area contributed by atoms with Crippen LogP contribution >= 0.6 is 0 Å². The lowest BCUT2D eigenvalue weighted by molar-refractivity contribution is -0.142. The maximum absolute atomic E-state index is 12.5. The van der Waals surface area contributed by atoms with E-state index in [1.165, 1.54) is 6.92 Å². The maximum Gasteiger partial charge on any atom is 0.325 e. The largest absolute Gasteiger partial charge is 0.481 e. The van der Waals surface area contributed by atoms with Crippen LogP contribution in [0.2, 0.25) is 0 Å². The van der Waals surface area contributed by atoms with Gasteiger partial charge in [0.2, 0.25) is 17.7 Å². The van der Waals surface area contributed by atoms with E-state index in [0.717, 1.165) is 16.5 Å². The summed E-state index contributed by atoms with van der Waals surface area (Å²) in [6, 6.07) is 3.72. The first-order valence-electron chi connectivity index (χ1n) is 9.71. The van der Waals surface area contributed by atoms with Crippen molar-refractivity contribution in [1.29, 1.82) is 0 Å². The zero-order valence-corrected chi connectivity index (χ0v) is 17.3. The summed E-state index contributed by atoms with van der Waals surface area (Å²) in [7, 11) is 0. The number of aliphatic carboxylic acids is 2. The molecule has 1 heterocycles. The van der Waals surface area contributed by atoms with Crippen molar-refractivity contribution < 1.29 is 34.2 Å². The SMILES string of the molecule is CC(NC(=O)CNC(=O)C(CC(=O)O)NC(=O)C(N)Cc1c[nH]c2ccccc12)C(=O)O. The number of rotatable bonds is 11. The van der Waals surface area contributed by atoms with Crippen molar-refractivity contribution >= 4 is 40.6 Å². The highest BCUT2D eigenvalue weighted by atomic mass is 16.4. The number of hydrogen-bond donors (Lipinski definition) is 7. The normalized spacial score (nSPS) is 13.6. The highest BCUT2D eigenvalue weighted by Crippen LogP contribution is 2.18. The van der Waals surface area contributed by atoms with E-state index in [2.05, 4.69) is 20.9 Å². The van der Waals surface area contributed by atoms with Crippen molar-refractivity contribution in [3.8, 4) is 0 Å². The zero-order chi connectivity index (χ0) is 23.8. The van der Waals surface area contributed by atoms with Crippen LogP contribution in [0, 0.1) is 0 Å². The molecular formula is C20H25N5O7. The lowest BCUT2D eigenvalue weighted by Crippen LogP contribution is -2.54. The molecule has 1 aromatic heterocycles. The van der Waals surface area contributed by atoms with Crippen LogP contribution in [0.5, 0.6) is 0 Å². The summed E-state index contributed by atoms with van der Waals surface area (Å²) in [6.07, 6.45) is 1.13. The number of aromatic amines is 1. The van der Waals surface area contributed by atoms with Crippen molar-refractivity contribution in [3.05, 3.63) is 36.0 Å². The number of carboxylic acid groups (broad SMARTS) is 2. The molecule has 0 fully saturated rings. The van der Waals surface area contributed by atoms with Gasteiger partial charge in [0.15, 0.2) is 0 Å². The molecule has 2 aromatic rings. The molecule has 0 saturated heterocycles. The second kappa shape index (κ2) is 10.9. The van der Waals surface area contributed by atoms with Gasteiger partial charge in [0, 0.05) is 17.1 Å². The van der Waals surface area contributed by atoms with Crippen molar-refractivity contribution in [1.82, 2.24) is 20.9 Å². The second-order valence-electron chi connectivity index (χ2n) is 7.17. The van der Waals surface area contributed by atoms with Crippen LogP contribution in [-0.4, -0.2) is 69.5 Å². The minimum absolute atomic E-state index is 0.146. The zero-order valence-electron chi connectivity index (χ0n) is 17.3. The van der Waals surface area contributed by atoms with Gasteiger partial charge in [-0.25, -0.2) is 0 Å². The second-order valence-corrected chi connectivity index (χ2v) is 7.17. The monoisotopic (exact) mass is 447 g/mol. The molecule has 0 aliphatic carbocycles. The Morgan fingerprint density at radius 2 is 1.75 bits per heavy atom. The van der Waals surface area contributed by atoms with Gasteiger partial charge in [0.25, 0.3) is 0 Å². The Bertz CT molecular complexity index is 1020. The Kier molecular flexibility index (Phi) is 8.30. The Morgan fingerprint density at radius 3 is 2.41 bits per heavy atom.